The molecular formula is C21H21F3N2O2. The lowest BCUT2D eigenvalue weighted by Gasteiger charge is -2.09. The fourth-order valence-electron chi connectivity index (χ4n) is 2.81. The third-order valence-electron chi connectivity index (χ3n) is 4.25. The van der Waals surface area contributed by atoms with Gasteiger partial charge in [0, 0.05) is 18.2 Å². The molecule has 4 nitrogen and oxygen atoms in total. The predicted octanol–water partition coefficient (Wildman–Crippen LogP) is 5.65. The molecule has 0 aliphatic carbocycles. The molecule has 0 radical (unpaired) electrons. The lowest BCUT2D eigenvalue weighted by Crippen LogP contribution is -2.18. The van der Waals surface area contributed by atoms with Crippen LogP contribution in [0.3, 0.4) is 0 Å². The Labute approximate surface area is 161 Å². The van der Waals surface area contributed by atoms with Gasteiger partial charge in [0.15, 0.2) is 0 Å². The number of aromatic amines is 1. The van der Waals surface area contributed by atoms with E-state index in [9.17, 15) is 13.2 Å². The number of nitrogens with one attached hydrogen (secondary N) is 1. The van der Waals surface area contributed by atoms with Crippen molar-refractivity contribution in [3.05, 3.63) is 54.1 Å². The first kappa shape index (κ1) is 20.1. The Morgan fingerprint density at radius 3 is 2.50 bits per heavy atom. The number of alkyl halides is 3. The van der Waals surface area contributed by atoms with Gasteiger partial charge in [-0.25, -0.2) is 4.99 Å². The van der Waals surface area contributed by atoms with Crippen LogP contribution in [0.25, 0.3) is 22.2 Å². The highest BCUT2D eigenvalue weighted by Crippen LogP contribution is 2.33. The first-order valence-corrected chi connectivity index (χ1v) is 8.78. The molecule has 28 heavy (non-hydrogen) atoms. The standard InChI is InChI=1S/C21H21F3N2O2/c1-14(21(22,23)24)25-19-11-15(13-28-9-8-27-2)10-17-12-18(26-20(17)19)16-6-4-3-5-7-16/h3-7,10-12,26H,8-9,13H2,1-2H3. The Hall–Kier alpha value is -2.64. The van der Waals surface area contributed by atoms with Crippen molar-refractivity contribution in [3.63, 3.8) is 0 Å². The van der Waals surface area contributed by atoms with Crippen molar-refractivity contribution < 1.29 is 22.6 Å². The number of nitrogens with zero attached hydrogens (tertiary/aromatic N) is 1. The maximum Gasteiger partial charge on any atom is 0.429 e. The van der Waals surface area contributed by atoms with Gasteiger partial charge in [-0.2, -0.15) is 13.2 Å². The summed E-state index contributed by atoms with van der Waals surface area (Å²) >= 11 is 0. The average Bonchev–Trinajstić information content (AvgIpc) is 3.10. The molecule has 0 amide bonds. The summed E-state index contributed by atoms with van der Waals surface area (Å²) in [5.41, 5.74) is 2.40. The molecule has 0 atom stereocenters. The normalized spacial score (nSPS) is 12.7. The summed E-state index contributed by atoms with van der Waals surface area (Å²) in [7, 11) is 1.58. The second-order valence-corrected chi connectivity index (χ2v) is 6.37. The molecule has 0 aliphatic heterocycles. The van der Waals surface area contributed by atoms with Gasteiger partial charge in [0.25, 0.3) is 0 Å². The Kier molecular flexibility index (Phi) is 6.16. The van der Waals surface area contributed by atoms with Gasteiger partial charge in [0.2, 0.25) is 0 Å². The molecule has 0 saturated heterocycles. The van der Waals surface area contributed by atoms with Gasteiger partial charge in [0.05, 0.1) is 31.0 Å². The van der Waals surface area contributed by atoms with Crippen LogP contribution in [-0.2, 0) is 16.1 Å². The Morgan fingerprint density at radius 1 is 1.07 bits per heavy atom. The maximum atomic E-state index is 13.0. The smallest absolute Gasteiger partial charge is 0.382 e. The predicted molar refractivity (Wildman–Crippen MR) is 104 cm³/mol. The summed E-state index contributed by atoms with van der Waals surface area (Å²) < 4.78 is 49.5. The van der Waals surface area contributed by atoms with E-state index in [1.54, 1.807) is 13.2 Å². The van der Waals surface area contributed by atoms with E-state index in [1.165, 1.54) is 0 Å². The number of rotatable bonds is 7. The molecule has 7 heteroatoms. The first-order valence-electron chi connectivity index (χ1n) is 8.78. The van der Waals surface area contributed by atoms with Gasteiger partial charge in [0.1, 0.15) is 5.71 Å². The number of hydrogen-bond donors (Lipinski definition) is 1. The van der Waals surface area contributed by atoms with Crippen molar-refractivity contribution >= 4 is 22.3 Å². The number of benzene rings is 2. The van der Waals surface area contributed by atoms with Gasteiger partial charge in [-0.1, -0.05) is 30.3 Å². The lowest BCUT2D eigenvalue weighted by molar-refractivity contribution is -0.0591. The van der Waals surface area contributed by atoms with Gasteiger partial charge >= 0.3 is 6.18 Å². The second kappa shape index (κ2) is 8.58. The number of aliphatic imine (C=N–C) groups is 1. The first-order chi connectivity index (χ1) is 13.4. The van der Waals surface area contributed by atoms with E-state index < -0.39 is 11.9 Å². The highest BCUT2D eigenvalue weighted by atomic mass is 19.4. The molecule has 148 valence electrons. The number of hydrogen-bond acceptors (Lipinski definition) is 3. The van der Waals surface area contributed by atoms with Crippen LogP contribution < -0.4 is 0 Å². The minimum atomic E-state index is -4.48. The van der Waals surface area contributed by atoms with E-state index in [0.29, 0.717) is 18.7 Å². The van der Waals surface area contributed by atoms with Crippen LogP contribution in [0.4, 0.5) is 18.9 Å². The zero-order chi connectivity index (χ0) is 20.1. The van der Waals surface area contributed by atoms with E-state index in [0.717, 1.165) is 29.1 Å². The highest BCUT2D eigenvalue weighted by Gasteiger charge is 2.32. The molecular weight excluding hydrogens is 369 g/mol. The molecule has 2 aromatic carbocycles. The number of H-pyrrole nitrogens is 1. The van der Waals surface area contributed by atoms with Crippen molar-refractivity contribution in [1.29, 1.82) is 0 Å². The van der Waals surface area contributed by atoms with Crippen molar-refractivity contribution in [2.24, 2.45) is 4.99 Å². The van der Waals surface area contributed by atoms with Crippen molar-refractivity contribution in [1.82, 2.24) is 4.98 Å². The number of methoxy groups -OCH3 is 1. The van der Waals surface area contributed by atoms with Crippen molar-refractivity contribution in [2.45, 2.75) is 19.7 Å². The highest BCUT2D eigenvalue weighted by molar-refractivity contribution is 5.98. The zero-order valence-corrected chi connectivity index (χ0v) is 15.6. The molecule has 1 N–H and O–H groups in total. The molecule has 0 unspecified atom stereocenters. The summed E-state index contributed by atoms with van der Waals surface area (Å²) in [6.07, 6.45) is -4.48. The van der Waals surface area contributed by atoms with Crippen LogP contribution in [0.2, 0.25) is 0 Å². The molecule has 0 aliphatic rings. The van der Waals surface area contributed by atoms with E-state index in [1.807, 2.05) is 42.5 Å². The van der Waals surface area contributed by atoms with Crippen LogP contribution in [0.5, 0.6) is 0 Å². The lowest BCUT2D eigenvalue weighted by atomic mass is 10.1. The molecule has 3 aromatic rings. The summed E-state index contributed by atoms with van der Waals surface area (Å²) in [6, 6.07) is 15.0. The van der Waals surface area contributed by atoms with E-state index >= 15 is 0 Å². The average molecular weight is 390 g/mol. The second-order valence-electron chi connectivity index (χ2n) is 6.37. The van der Waals surface area contributed by atoms with Crippen LogP contribution in [0.1, 0.15) is 12.5 Å². The van der Waals surface area contributed by atoms with Gasteiger partial charge in [-0.05, 0) is 36.2 Å². The van der Waals surface area contributed by atoms with Crippen LogP contribution in [0.15, 0.2) is 53.5 Å². The molecule has 0 fully saturated rings. The Bertz CT molecular complexity index is 963. The number of aromatic nitrogens is 1. The van der Waals surface area contributed by atoms with Crippen LogP contribution in [0, 0.1) is 0 Å². The quantitative estimate of drug-likeness (QED) is 0.418. The molecule has 1 aromatic heterocycles. The minimum absolute atomic E-state index is 0.236. The van der Waals surface area contributed by atoms with Crippen LogP contribution >= 0.6 is 0 Å². The summed E-state index contributed by atoms with van der Waals surface area (Å²) in [5, 5.41) is 0.778. The number of fused-ring (bicyclic) bond motifs is 1. The molecule has 0 saturated carbocycles. The SMILES string of the molecule is COCCOCc1cc(N=C(C)C(F)(F)F)c2[nH]c(-c3ccccc3)cc2c1. The largest absolute Gasteiger partial charge is 0.429 e. The monoisotopic (exact) mass is 390 g/mol. The fraction of sp³-hybridized carbons (Fsp3) is 0.286. The zero-order valence-electron chi connectivity index (χ0n) is 15.6. The minimum Gasteiger partial charge on any atom is -0.382 e. The third kappa shape index (κ3) is 4.79. The molecule has 0 bridgehead atoms. The molecule has 3 rings (SSSR count). The number of halogens is 3. The van der Waals surface area contributed by atoms with Crippen LogP contribution in [-0.4, -0.2) is 37.2 Å². The summed E-state index contributed by atoms with van der Waals surface area (Å²) in [4.78, 5) is 7.06. The van der Waals surface area contributed by atoms with Gasteiger partial charge in [-0.15, -0.1) is 0 Å². The Morgan fingerprint density at radius 2 is 1.82 bits per heavy atom. The van der Waals surface area contributed by atoms with Gasteiger partial charge < -0.3 is 14.5 Å². The fourth-order valence-corrected chi connectivity index (χ4v) is 2.81. The third-order valence-corrected chi connectivity index (χ3v) is 4.25. The molecule has 0 spiro atoms. The Balaban J connectivity index is 2.04. The maximum absolute atomic E-state index is 13.0. The van der Waals surface area contributed by atoms with Crippen molar-refractivity contribution in [2.75, 3.05) is 20.3 Å². The number of ether oxygens (including phenoxy) is 2. The summed E-state index contributed by atoms with van der Waals surface area (Å²) in [6.45, 7) is 2.08. The molecule has 1 heterocycles. The van der Waals surface area contributed by atoms with E-state index in [4.69, 9.17) is 9.47 Å². The van der Waals surface area contributed by atoms with E-state index in [-0.39, 0.29) is 12.3 Å². The summed E-state index contributed by atoms with van der Waals surface area (Å²) in [5.74, 6) is 0. The topological polar surface area (TPSA) is 46.6 Å². The van der Waals surface area contributed by atoms with Gasteiger partial charge in [-0.3, -0.25) is 0 Å². The van der Waals surface area contributed by atoms with E-state index in [2.05, 4.69) is 9.98 Å². The van der Waals surface area contributed by atoms with Crippen molar-refractivity contribution in [3.8, 4) is 11.3 Å².